The summed E-state index contributed by atoms with van der Waals surface area (Å²) in [7, 11) is 0. The molecule has 0 spiro atoms. The summed E-state index contributed by atoms with van der Waals surface area (Å²) in [6.45, 7) is 15.5. The summed E-state index contributed by atoms with van der Waals surface area (Å²) in [5.41, 5.74) is 11.1. The number of hydrogen-bond donors (Lipinski definition) is 0. The zero-order chi connectivity index (χ0) is 34.1. The lowest BCUT2D eigenvalue weighted by Crippen LogP contribution is -2.27. The van der Waals surface area contributed by atoms with Crippen molar-refractivity contribution in [2.45, 2.75) is 84.5 Å². The zero-order valence-electron chi connectivity index (χ0n) is 29.9. The van der Waals surface area contributed by atoms with Gasteiger partial charge in [0, 0.05) is 47.5 Å². The van der Waals surface area contributed by atoms with E-state index >= 15 is 0 Å². The van der Waals surface area contributed by atoms with Crippen LogP contribution in [0.15, 0.2) is 120 Å². The molecule has 242 valence electrons. The predicted octanol–water partition coefficient (Wildman–Crippen LogP) is 9.92. The average molecular weight is 627 g/mol. The van der Waals surface area contributed by atoms with Crippen LogP contribution >= 0.6 is 0 Å². The fourth-order valence-electron chi connectivity index (χ4n) is 7.71. The molecule has 0 fully saturated rings. The Kier molecular flexibility index (Phi) is 8.86. The van der Waals surface area contributed by atoms with Crippen molar-refractivity contribution < 1.29 is 15.5 Å². The van der Waals surface area contributed by atoms with Crippen LogP contribution in [0.3, 0.4) is 0 Å². The van der Waals surface area contributed by atoms with Crippen LogP contribution in [0.25, 0.3) is 0 Å². The summed E-state index contributed by atoms with van der Waals surface area (Å²) >= 11 is 0. The third-order valence-electron chi connectivity index (χ3n) is 10.3. The number of aryl methyl sites for hydroxylation is 1. The molecule has 1 aliphatic carbocycles. The van der Waals surface area contributed by atoms with Crippen LogP contribution in [-0.2, 0) is 22.0 Å². The highest BCUT2D eigenvalue weighted by Crippen LogP contribution is 2.48. The minimum Gasteiger partial charge on any atom is -0.457 e. The maximum absolute atomic E-state index is 11.2. The molecule has 4 nitrogen and oxygen atoms in total. The fraction of sp³-hybridized carbons (Fsp3) is 0.349. The number of aldehydes is 1. The van der Waals surface area contributed by atoms with Crippen molar-refractivity contribution >= 4 is 23.3 Å². The number of benzene rings is 3. The highest BCUT2D eigenvalue weighted by Gasteiger charge is 2.43. The largest absolute Gasteiger partial charge is 0.457 e. The normalized spacial score (nSPS) is 20.3. The van der Waals surface area contributed by atoms with Gasteiger partial charge in [-0.2, -0.15) is 4.58 Å². The van der Waals surface area contributed by atoms with Crippen LogP contribution < -0.4 is 9.64 Å². The van der Waals surface area contributed by atoms with E-state index in [4.69, 9.17) is 6.11 Å². The van der Waals surface area contributed by atoms with Gasteiger partial charge in [-0.15, -0.1) is 0 Å². The van der Waals surface area contributed by atoms with Crippen LogP contribution in [0, 0.1) is 0 Å². The summed E-state index contributed by atoms with van der Waals surface area (Å²) in [5.74, 6) is 1.70. The molecule has 0 aromatic heterocycles. The summed E-state index contributed by atoms with van der Waals surface area (Å²) in [6, 6.07) is 25.5. The number of likely N-dealkylation sites (N-methyl/N-ethyl adjacent to an activating group) is 1. The summed E-state index contributed by atoms with van der Waals surface area (Å²) in [6.07, 6.45) is 12.4. The molecule has 0 unspecified atom stereocenters. The molecular weight excluding hydrogens is 576 g/mol. The lowest BCUT2D eigenvalue weighted by molar-refractivity contribution is -0.433. The van der Waals surface area contributed by atoms with Gasteiger partial charge >= 0.3 is 0 Å². The van der Waals surface area contributed by atoms with Gasteiger partial charge in [-0.05, 0) is 106 Å². The number of anilines is 1. The number of fused-ring (bicyclic) bond motifs is 2. The lowest BCUT2D eigenvalue weighted by Gasteiger charge is -2.26. The number of para-hydroxylation sites is 2. The molecule has 2 heterocycles. The van der Waals surface area contributed by atoms with E-state index in [1.807, 2.05) is 24.3 Å². The van der Waals surface area contributed by atoms with Crippen molar-refractivity contribution in [2.75, 3.05) is 18.0 Å². The Labute approximate surface area is 282 Å². The molecule has 3 aromatic rings. The topological polar surface area (TPSA) is 32.6 Å². The van der Waals surface area contributed by atoms with Gasteiger partial charge in [-0.1, -0.05) is 68.5 Å². The first-order valence-corrected chi connectivity index (χ1v) is 17.3. The first-order chi connectivity index (χ1) is 23.1. The molecule has 0 N–H and O–H groups in total. The van der Waals surface area contributed by atoms with Gasteiger partial charge in [0.2, 0.25) is 5.69 Å². The van der Waals surface area contributed by atoms with Gasteiger partial charge in [0.25, 0.3) is 0 Å². The molecule has 0 radical (unpaired) electrons. The highest BCUT2D eigenvalue weighted by atomic mass is 16.5. The summed E-state index contributed by atoms with van der Waals surface area (Å²) in [4.78, 5) is 13.7. The van der Waals surface area contributed by atoms with E-state index in [0.717, 1.165) is 49.4 Å². The number of carbonyl (C=O) groups is 1. The Morgan fingerprint density at radius 3 is 2.32 bits per heavy atom. The van der Waals surface area contributed by atoms with E-state index in [9.17, 15) is 4.79 Å². The van der Waals surface area contributed by atoms with Gasteiger partial charge < -0.3 is 14.4 Å². The Morgan fingerprint density at radius 2 is 1.60 bits per heavy atom. The Balaban J connectivity index is 1.41. The van der Waals surface area contributed by atoms with E-state index < -0.39 is 6.26 Å². The van der Waals surface area contributed by atoms with E-state index in [1.54, 1.807) is 0 Å². The maximum atomic E-state index is 11.2. The number of ether oxygens (including phenoxy) is 1. The third-order valence-corrected chi connectivity index (χ3v) is 10.3. The summed E-state index contributed by atoms with van der Waals surface area (Å²) in [5, 5.41) is 0. The number of carbonyl (C=O) groups excluding carboxylic acids is 1. The quantitative estimate of drug-likeness (QED) is 0.166. The summed E-state index contributed by atoms with van der Waals surface area (Å²) < 4.78 is 16.5. The number of nitrogens with zero attached hydrogens (tertiary/aromatic N) is 2. The predicted molar refractivity (Wildman–Crippen MR) is 195 cm³/mol. The molecule has 3 aromatic carbocycles. The molecule has 0 saturated heterocycles. The van der Waals surface area contributed by atoms with Gasteiger partial charge in [-0.3, -0.25) is 0 Å². The standard InChI is InChI=1S/C43H49N2O2/c1-7-44-37-20-11-9-18-35(37)42(3,4)39(44)28-24-32-16-13-17-33(41(32)47-34-26-22-31(23-27-34)15-14-30-46)25-29-40-43(5,6)36-19-10-12-21-38(36)45(40)8-2/h9-12,18-30H,7-8,13-17H2,1-6H3/q+1/i30D. The average Bonchev–Trinajstić information content (AvgIpc) is 3.44. The third kappa shape index (κ3) is 6.06. The van der Waals surface area contributed by atoms with Gasteiger partial charge in [0.1, 0.15) is 25.7 Å². The molecule has 6 rings (SSSR count). The fourth-order valence-corrected chi connectivity index (χ4v) is 7.71. The lowest BCUT2D eigenvalue weighted by atomic mass is 9.81. The molecule has 0 saturated carbocycles. The van der Waals surface area contributed by atoms with Crippen LogP contribution in [0.4, 0.5) is 11.4 Å². The Bertz CT molecular complexity index is 1870. The van der Waals surface area contributed by atoms with Crippen molar-refractivity contribution in [3.8, 4) is 5.75 Å². The van der Waals surface area contributed by atoms with Crippen molar-refractivity contribution in [1.29, 1.82) is 0 Å². The molecule has 3 aliphatic rings. The van der Waals surface area contributed by atoms with Crippen molar-refractivity contribution in [3.63, 3.8) is 0 Å². The second kappa shape index (κ2) is 13.4. The first-order valence-electron chi connectivity index (χ1n) is 17.8. The number of rotatable bonds is 10. The van der Waals surface area contributed by atoms with Crippen LogP contribution in [0.2, 0.25) is 0 Å². The molecule has 2 aliphatic heterocycles. The van der Waals surface area contributed by atoms with E-state index in [-0.39, 0.29) is 17.3 Å². The van der Waals surface area contributed by atoms with Crippen molar-refractivity contribution in [1.82, 2.24) is 0 Å². The van der Waals surface area contributed by atoms with E-state index in [0.29, 0.717) is 6.42 Å². The molecule has 0 bridgehead atoms. The molecular formula is C43H49N2O2+. The molecule has 4 heteroatoms. The Morgan fingerprint density at radius 1 is 0.872 bits per heavy atom. The smallest absolute Gasteiger partial charge is 0.209 e. The van der Waals surface area contributed by atoms with Gasteiger partial charge in [-0.25, -0.2) is 0 Å². The van der Waals surface area contributed by atoms with Crippen molar-refractivity contribution in [3.05, 3.63) is 136 Å². The van der Waals surface area contributed by atoms with Crippen molar-refractivity contribution in [2.24, 2.45) is 0 Å². The van der Waals surface area contributed by atoms with E-state index in [2.05, 4.69) is 124 Å². The number of hydrogen-bond acceptors (Lipinski definition) is 3. The molecule has 47 heavy (non-hydrogen) atoms. The monoisotopic (exact) mass is 626 g/mol. The molecule has 0 amide bonds. The first kappa shape index (κ1) is 31.2. The minimum absolute atomic E-state index is 0.106. The Hall–Kier alpha value is -4.44. The molecule has 0 atom stereocenters. The second-order valence-electron chi connectivity index (χ2n) is 13.8. The van der Waals surface area contributed by atoms with Gasteiger partial charge in [0.15, 0.2) is 5.71 Å². The zero-order valence-corrected chi connectivity index (χ0v) is 28.9. The number of allylic oxidation sites excluding steroid dienone is 7. The van der Waals surface area contributed by atoms with E-state index in [1.165, 1.54) is 45.1 Å². The minimum atomic E-state index is -0.536. The maximum Gasteiger partial charge on any atom is 0.209 e. The van der Waals surface area contributed by atoms with Crippen LogP contribution in [0.5, 0.6) is 5.75 Å². The van der Waals surface area contributed by atoms with Gasteiger partial charge in [0.05, 0.1) is 5.41 Å². The van der Waals surface area contributed by atoms with Crippen LogP contribution in [-0.4, -0.2) is 29.6 Å². The second-order valence-corrected chi connectivity index (χ2v) is 13.8. The SMILES string of the molecule is [2H]C(=O)CCc1ccc(OC2=C(/C=C/C3=[N+](CC)c4ccccc4C3(C)C)CCC/C2=C\C=C2\N(CC)c3ccccc3C2(C)C)cc1. The highest BCUT2D eigenvalue weighted by molar-refractivity contribution is 6.03. The van der Waals surface area contributed by atoms with Crippen LogP contribution in [0.1, 0.15) is 85.3 Å².